The van der Waals surface area contributed by atoms with Gasteiger partial charge < -0.3 is 16.5 Å². The monoisotopic (exact) mass is 293 g/mol. The number of carbonyl (C=O) groups excluding carboxylic acids is 1. The van der Waals surface area contributed by atoms with Gasteiger partial charge in [0.05, 0.1) is 0 Å². The molecule has 0 saturated heterocycles. The van der Waals surface area contributed by atoms with E-state index in [2.05, 4.69) is 18.3 Å². The summed E-state index contributed by atoms with van der Waals surface area (Å²) in [6, 6.07) is 13.8. The molecule has 2 unspecified atom stereocenters. The van der Waals surface area contributed by atoms with Crippen molar-refractivity contribution in [3.8, 4) is 0 Å². The van der Waals surface area contributed by atoms with E-state index in [0.29, 0.717) is 11.6 Å². The number of para-hydroxylation sites is 1. The van der Waals surface area contributed by atoms with E-state index in [0.717, 1.165) is 29.6 Å². The summed E-state index contributed by atoms with van der Waals surface area (Å²) in [6.07, 6.45) is 3.01. The van der Waals surface area contributed by atoms with Crippen LogP contribution in [0.3, 0.4) is 0 Å². The van der Waals surface area contributed by atoms with Crippen LogP contribution in [0, 0.1) is 5.41 Å². The maximum absolute atomic E-state index is 10.8. The van der Waals surface area contributed by atoms with E-state index in [4.69, 9.17) is 11.1 Å². The van der Waals surface area contributed by atoms with Crippen molar-refractivity contribution in [2.24, 2.45) is 0 Å². The quantitative estimate of drug-likeness (QED) is 0.449. The molecule has 2 aromatic carbocycles. The Labute approximate surface area is 129 Å². The number of nitrogens with one attached hydrogen (secondary N) is 2. The Balaban J connectivity index is 1.93. The minimum Gasteiger partial charge on any atom is -0.398 e. The highest BCUT2D eigenvalue weighted by Crippen LogP contribution is 2.61. The molecule has 0 heterocycles. The zero-order valence-electron chi connectivity index (χ0n) is 12.5. The molecule has 2 aromatic rings. The van der Waals surface area contributed by atoms with Gasteiger partial charge >= 0.3 is 0 Å². The molecule has 0 aromatic heterocycles. The maximum Gasteiger partial charge on any atom is 0.211 e. The SMILES string of the molecule is CC1(c2ccccc2NC=O)CC1c1ccc(C=N)c(N)c1. The number of rotatable bonds is 5. The van der Waals surface area contributed by atoms with Crippen LogP contribution in [0.5, 0.6) is 0 Å². The third kappa shape index (κ3) is 2.26. The Morgan fingerprint density at radius 3 is 2.77 bits per heavy atom. The van der Waals surface area contributed by atoms with Gasteiger partial charge in [-0.2, -0.15) is 0 Å². The number of carbonyl (C=O) groups is 1. The number of amides is 1. The van der Waals surface area contributed by atoms with E-state index >= 15 is 0 Å². The van der Waals surface area contributed by atoms with E-state index in [1.165, 1.54) is 11.8 Å². The van der Waals surface area contributed by atoms with Crippen LogP contribution < -0.4 is 11.1 Å². The molecule has 1 saturated carbocycles. The molecule has 112 valence electrons. The highest BCUT2D eigenvalue weighted by molar-refractivity contribution is 5.85. The average Bonchev–Trinajstić information content (AvgIpc) is 3.21. The molecule has 4 heteroatoms. The first kappa shape index (κ1) is 14.3. The lowest BCUT2D eigenvalue weighted by Gasteiger charge is -2.17. The molecule has 1 fully saturated rings. The summed E-state index contributed by atoms with van der Waals surface area (Å²) in [6.45, 7) is 2.21. The molecule has 4 N–H and O–H groups in total. The summed E-state index contributed by atoms with van der Waals surface area (Å²) in [5.41, 5.74) is 10.6. The van der Waals surface area contributed by atoms with E-state index < -0.39 is 0 Å². The standard InChI is InChI=1S/C18H19N3O/c1-18(14-4-2-3-5-17(14)21-11-22)9-15(18)12-6-7-13(10-19)16(20)8-12/h2-8,10-11,15,19H,9,20H2,1H3,(H,21,22). The van der Waals surface area contributed by atoms with Gasteiger partial charge in [-0.25, -0.2) is 0 Å². The fourth-order valence-electron chi connectivity index (χ4n) is 3.26. The van der Waals surface area contributed by atoms with Crippen LogP contribution in [0.1, 0.15) is 36.0 Å². The highest BCUT2D eigenvalue weighted by Gasteiger charge is 2.52. The van der Waals surface area contributed by atoms with Crippen molar-refractivity contribution in [2.45, 2.75) is 24.7 Å². The summed E-state index contributed by atoms with van der Waals surface area (Å²) >= 11 is 0. The van der Waals surface area contributed by atoms with Crippen molar-refractivity contribution in [3.63, 3.8) is 0 Å². The largest absolute Gasteiger partial charge is 0.398 e. The Kier molecular flexibility index (Phi) is 3.45. The van der Waals surface area contributed by atoms with Gasteiger partial charge in [-0.15, -0.1) is 0 Å². The molecule has 22 heavy (non-hydrogen) atoms. The Hall–Kier alpha value is -2.62. The average molecular weight is 293 g/mol. The number of nitrogen functional groups attached to an aromatic ring is 1. The van der Waals surface area contributed by atoms with Crippen LogP contribution in [-0.2, 0) is 10.2 Å². The fraction of sp³-hybridized carbons (Fsp3) is 0.222. The number of benzene rings is 2. The fourth-order valence-corrected chi connectivity index (χ4v) is 3.26. The molecular formula is C18H19N3O. The van der Waals surface area contributed by atoms with Gasteiger partial charge in [0.1, 0.15) is 0 Å². The Morgan fingerprint density at radius 2 is 2.09 bits per heavy atom. The molecule has 0 bridgehead atoms. The van der Waals surface area contributed by atoms with Gasteiger partial charge in [-0.05, 0) is 35.6 Å². The van der Waals surface area contributed by atoms with Crippen molar-refractivity contribution in [1.82, 2.24) is 0 Å². The minimum atomic E-state index is 0.00520. The van der Waals surface area contributed by atoms with Crippen molar-refractivity contribution in [1.29, 1.82) is 5.41 Å². The number of anilines is 2. The van der Waals surface area contributed by atoms with E-state index in [-0.39, 0.29) is 5.41 Å². The Bertz CT molecular complexity index is 741. The van der Waals surface area contributed by atoms with Crippen LogP contribution in [-0.4, -0.2) is 12.6 Å². The summed E-state index contributed by atoms with van der Waals surface area (Å²) in [5, 5.41) is 10.1. The van der Waals surface area contributed by atoms with Crippen molar-refractivity contribution in [3.05, 3.63) is 59.2 Å². The first-order valence-electron chi connectivity index (χ1n) is 7.29. The maximum atomic E-state index is 10.8. The molecule has 0 spiro atoms. The topological polar surface area (TPSA) is 79.0 Å². The Morgan fingerprint density at radius 1 is 1.32 bits per heavy atom. The number of nitrogens with two attached hydrogens (primary N) is 1. The molecule has 0 aliphatic heterocycles. The summed E-state index contributed by atoms with van der Waals surface area (Å²) in [7, 11) is 0. The zero-order chi connectivity index (χ0) is 15.7. The van der Waals surface area contributed by atoms with E-state index in [1.54, 1.807) is 0 Å². The smallest absolute Gasteiger partial charge is 0.211 e. The molecule has 0 radical (unpaired) electrons. The molecule has 4 nitrogen and oxygen atoms in total. The van der Waals surface area contributed by atoms with Crippen LogP contribution in [0.2, 0.25) is 0 Å². The summed E-state index contributed by atoms with van der Waals surface area (Å²) < 4.78 is 0. The number of hydrogen-bond acceptors (Lipinski definition) is 3. The summed E-state index contributed by atoms with van der Waals surface area (Å²) in [4.78, 5) is 10.8. The van der Waals surface area contributed by atoms with Gasteiger partial charge in [0.15, 0.2) is 0 Å². The first-order valence-corrected chi connectivity index (χ1v) is 7.29. The zero-order valence-corrected chi connectivity index (χ0v) is 12.5. The number of hydrogen-bond donors (Lipinski definition) is 3. The predicted octanol–water partition coefficient (Wildman–Crippen LogP) is 3.28. The van der Waals surface area contributed by atoms with Crippen LogP contribution in [0.25, 0.3) is 0 Å². The third-order valence-electron chi connectivity index (χ3n) is 4.66. The van der Waals surface area contributed by atoms with Crippen LogP contribution in [0.15, 0.2) is 42.5 Å². The van der Waals surface area contributed by atoms with Gasteiger partial charge in [0, 0.05) is 28.6 Å². The molecular weight excluding hydrogens is 274 g/mol. The third-order valence-corrected chi connectivity index (χ3v) is 4.66. The van der Waals surface area contributed by atoms with Crippen molar-refractivity contribution in [2.75, 3.05) is 11.1 Å². The molecule has 1 aliphatic rings. The van der Waals surface area contributed by atoms with E-state index in [1.807, 2.05) is 36.4 Å². The highest BCUT2D eigenvalue weighted by atomic mass is 16.1. The lowest BCUT2D eigenvalue weighted by Crippen LogP contribution is -2.09. The molecule has 2 atom stereocenters. The van der Waals surface area contributed by atoms with Gasteiger partial charge in [0.25, 0.3) is 0 Å². The van der Waals surface area contributed by atoms with Gasteiger partial charge in [-0.3, -0.25) is 4.79 Å². The molecule has 1 aliphatic carbocycles. The molecule has 3 rings (SSSR count). The second-order valence-corrected chi connectivity index (χ2v) is 6.01. The second kappa shape index (κ2) is 5.30. The summed E-state index contributed by atoms with van der Waals surface area (Å²) in [5.74, 6) is 0.379. The lowest BCUT2D eigenvalue weighted by atomic mass is 9.91. The van der Waals surface area contributed by atoms with E-state index in [9.17, 15) is 4.79 Å². The predicted molar refractivity (Wildman–Crippen MR) is 89.6 cm³/mol. The van der Waals surface area contributed by atoms with Crippen molar-refractivity contribution < 1.29 is 4.79 Å². The van der Waals surface area contributed by atoms with Gasteiger partial charge in [0.2, 0.25) is 6.41 Å². The van der Waals surface area contributed by atoms with Gasteiger partial charge in [-0.1, -0.05) is 37.3 Å². The normalized spacial score (nSPS) is 22.9. The lowest BCUT2D eigenvalue weighted by molar-refractivity contribution is -0.105. The first-order chi connectivity index (χ1) is 10.6. The molecule has 1 amide bonds. The van der Waals surface area contributed by atoms with Crippen LogP contribution >= 0.6 is 0 Å². The minimum absolute atomic E-state index is 0.00520. The van der Waals surface area contributed by atoms with Crippen LogP contribution in [0.4, 0.5) is 11.4 Å². The van der Waals surface area contributed by atoms with Crippen molar-refractivity contribution >= 4 is 24.0 Å². The second-order valence-electron chi connectivity index (χ2n) is 6.01.